The monoisotopic (exact) mass is 609 g/mol. The number of hydrogen-bond acceptors (Lipinski definition) is 13. The van der Waals surface area contributed by atoms with E-state index in [4.69, 9.17) is 29.0 Å². The van der Waals surface area contributed by atoms with Crippen LogP contribution in [0.3, 0.4) is 0 Å². The van der Waals surface area contributed by atoms with E-state index in [-0.39, 0.29) is 29.8 Å². The van der Waals surface area contributed by atoms with Crippen LogP contribution < -0.4 is 20.1 Å². The molecule has 1 fully saturated rings. The van der Waals surface area contributed by atoms with E-state index in [0.717, 1.165) is 12.1 Å². The van der Waals surface area contributed by atoms with E-state index in [0.29, 0.717) is 12.1 Å². The number of benzene rings is 1. The number of nitrogens with zero attached hydrogens (tertiary/aromatic N) is 5. The third kappa shape index (κ3) is 6.37. The zero-order chi connectivity index (χ0) is 30.7. The standard InChI is InChI=1S/C25H33FN7O8P/c1-6-37-21-18-20(30-24(27)31-21)33(13-29-18)23-25(4,28-5)19(34)17(40-23)12-39-42(36,32-14(3)22(35)38-7-2)41-16-10-8-15(26)9-11-16/h8-11,13-14,17,19,23,34H,5-7,12H2,1-4H3,(H,32,36)(H2,27,30,31)/t14-,17+,19+,23+,25+,42?/m0/s1. The highest BCUT2D eigenvalue weighted by atomic mass is 31.2. The fraction of sp³-hybridized carbons (Fsp3) is 0.480. The van der Waals surface area contributed by atoms with E-state index < -0.39 is 56.2 Å². The maximum absolute atomic E-state index is 13.8. The van der Waals surface area contributed by atoms with Crippen LogP contribution in [-0.2, 0) is 23.4 Å². The summed E-state index contributed by atoms with van der Waals surface area (Å²) < 4.78 is 56.6. The molecule has 15 nitrogen and oxygen atoms in total. The van der Waals surface area contributed by atoms with Crippen LogP contribution in [0.5, 0.6) is 11.6 Å². The molecule has 3 heterocycles. The Kier molecular flexibility index (Phi) is 9.43. The molecule has 228 valence electrons. The molecule has 0 amide bonds. The summed E-state index contributed by atoms with van der Waals surface area (Å²) in [6, 6.07) is 3.58. The molecule has 2 aromatic heterocycles. The van der Waals surface area contributed by atoms with Gasteiger partial charge in [0.1, 0.15) is 35.4 Å². The molecule has 0 radical (unpaired) electrons. The van der Waals surface area contributed by atoms with Gasteiger partial charge in [-0.05, 0) is 58.7 Å². The quantitative estimate of drug-likeness (QED) is 0.145. The number of aliphatic hydroxyl groups is 1. The fourth-order valence-electron chi connectivity index (χ4n) is 4.32. The van der Waals surface area contributed by atoms with Gasteiger partial charge in [0.15, 0.2) is 17.4 Å². The number of nitrogens with one attached hydrogen (secondary N) is 1. The van der Waals surface area contributed by atoms with E-state index in [1.807, 2.05) is 0 Å². The normalized spacial score (nSPS) is 24.2. The van der Waals surface area contributed by atoms with Crippen molar-refractivity contribution >= 4 is 37.5 Å². The van der Waals surface area contributed by atoms with E-state index in [1.165, 1.54) is 30.0 Å². The van der Waals surface area contributed by atoms with Crippen LogP contribution in [-0.4, -0.2) is 80.9 Å². The second kappa shape index (κ2) is 12.7. The topological polar surface area (TPSA) is 195 Å². The molecule has 0 saturated carbocycles. The van der Waals surface area contributed by atoms with Gasteiger partial charge < -0.3 is 29.6 Å². The van der Waals surface area contributed by atoms with E-state index in [1.54, 1.807) is 20.8 Å². The van der Waals surface area contributed by atoms with Gasteiger partial charge in [-0.3, -0.25) is 18.9 Å². The smallest absolute Gasteiger partial charge is 0.459 e. The number of nitrogens with two attached hydrogens (primary N) is 1. The predicted molar refractivity (Wildman–Crippen MR) is 149 cm³/mol. The number of esters is 1. The van der Waals surface area contributed by atoms with Crippen molar-refractivity contribution in [3.05, 3.63) is 36.4 Å². The SMILES string of the molecule is C=N[C@]1(C)[C@H](O)[C@@H](COP(=O)(N[C@@H](C)C(=O)OCC)Oc2ccc(F)cc2)O[C@H]1n1cnc2c(OCC)nc(N)nc21. The summed E-state index contributed by atoms with van der Waals surface area (Å²) in [6.07, 6.45) is -2.06. The molecule has 1 unspecified atom stereocenters. The minimum absolute atomic E-state index is 0.00101. The zero-order valence-corrected chi connectivity index (χ0v) is 24.4. The molecule has 3 aromatic rings. The highest BCUT2D eigenvalue weighted by molar-refractivity contribution is 7.52. The summed E-state index contributed by atoms with van der Waals surface area (Å²) in [5.74, 6) is -1.14. The van der Waals surface area contributed by atoms with Gasteiger partial charge in [0.25, 0.3) is 0 Å². The second-order valence-electron chi connectivity index (χ2n) is 9.44. The predicted octanol–water partition coefficient (Wildman–Crippen LogP) is 2.41. The molecule has 0 bridgehead atoms. The minimum Gasteiger partial charge on any atom is -0.476 e. The lowest BCUT2D eigenvalue weighted by atomic mass is 9.93. The Balaban J connectivity index is 1.61. The van der Waals surface area contributed by atoms with Gasteiger partial charge in [-0.2, -0.15) is 15.1 Å². The van der Waals surface area contributed by atoms with Crippen molar-refractivity contribution in [2.45, 2.75) is 57.7 Å². The number of imidazole rings is 1. The molecule has 1 saturated heterocycles. The van der Waals surface area contributed by atoms with Crippen LogP contribution in [0, 0.1) is 5.82 Å². The molecule has 1 aromatic carbocycles. The number of nitrogen functional groups attached to an aromatic ring is 1. The summed E-state index contributed by atoms with van der Waals surface area (Å²) in [6.45, 7) is 9.96. The van der Waals surface area contributed by atoms with Crippen molar-refractivity contribution in [1.82, 2.24) is 24.6 Å². The van der Waals surface area contributed by atoms with Crippen LogP contribution in [0.4, 0.5) is 10.3 Å². The fourth-order valence-corrected chi connectivity index (χ4v) is 5.82. The molecular weight excluding hydrogens is 576 g/mol. The third-order valence-electron chi connectivity index (χ3n) is 6.48. The van der Waals surface area contributed by atoms with Gasteiger partial charge in [-0.1, -0.05) is 0 Å². The molecule has 6 atom stereocenters. The number of rotatable bonds is 13. The van der Waals surface area contributed by atoms with Gasteiger partial charge in [0.05, 0.1) is 26.1 Å². The molecule has 42 heavy (non-hydrogen) atoms. The number of fused-ring (bicyclic) bond motifs is 1. The molecule has 0 aliphatic carbocycles. The Hall–Kier alpha value is -3.69. The first kappa shape index (κ1) is 31.3. The number of hydrogen-bond donors (Lipinski definition) is 3. The Bertz CT molecular complexity index is 1470. The van der Waals surface area contributed by atoms with Crippen molar-refractivity contribution < 1.29 is 42.1 Å². The summed E-state index contributed by atoms with van der Waals surface area (Å²) in [7, 11) is -4.34. The number of carbonyl (C=O) groups excluding carboxylic acids is 1. The van der Waals surface area contributed by atoms with Crippen molar-refractivity contribution in [1.29, 1.82) is 0 Å². The third-order valence-corrected chi connectivity index (χ3v) is 8.12. The van der Waals surface area contributed by atoms with Crippen molar-refractivity contribution in [3.8, 4) is 11.6 Å². The van der Waals surface area contributed by atoms with E-state index >= 15 is 0 Å². The Morgan fingerprint density at radius 1 is 1.33 bits per heavy atom. The van der Waals surface area contributed by atoms with Crippen molar-refractivity contribution in [2.75, 3.05) is 25.6 Å². The van der Waals surface area contributed by atoms with Crippen LogP contribution in [0.15, 0.2) is 35.6 Å². The zero-order valence-electron chi connectivity index (χ0n) is 23.5. The lowest BCUT2D eigenvalue weighted by Crippen LogP contribution is -2.43. The second-order valence-corrected chi connectivity index (χ2v) is 11.1. The van der Waals surface area contributed by atoms with E-state index in [2.05, 4.69) is 31.7 Å². The summed E-state index contributed by atoms with van der Waals surface area (Å²) >= 11 is 0. The van der Waals surface area contributed by atoms with Gasteiger partial charge in [-0.15, -0.1) is 0 Å². The molecule has 4 N–H and O–H groups in total. The summed E-state index contributed by atoms with van der Waals surface area (Å²) in [4.78, 5) is 29.1. The Labute approximate surface area is 240 Å². The molecule has 1 aliphatic rings. The number of ether oxygens (including phenoxy) is 3. The van der Waals surface area contributed by atoms with Gasteiger partial charge >= 0.3 is 13.7 Å². The first-order valence-electron chi connectivity index (χ1n) is 13.0. The maximum atomic E-state index is 13.8. The molecule has 0 spiro atoms. The highest BCUT2D eigenvalue weighted by Gasteiger charge is 2.55. The number of anilines is 1. The molecule has 4 rings (SSSR count). The molecule has 17 heteroatoms. The van der Waals surface area contributed by atoms with Crippen molar-refractivity contribution in [2.24, 2.45) is 4.99 Å². The van der Waals surface area contributed by atoms with Crippen LogP contribution in [0.1, 0.15) is 33.9 Å². The lowest BCUT2D eigenvalue weighted by Gasteiger charge is -2.28. The van der Waals surface area contributed by atoms with Gasteiger partial charge in [0.2, 0.25) is 11.8 Å². The number of aromatic nitrogens is 4. The average molecular weight is 610 g/mol. The van der Waals surface area contributed by atoms with Gasteiger partial charge in [0, 0.05) is 0 Å². The van der Waals surface area contributed by atoms with Crippen LogP contribution in [0.25, 0.3) is 11.2 Å². The maximum Gasteiger partial charge on any atom is 0.459 e. The summed E-state index contributed by atoms with van der Waals surface area (Å²) in [5.41, 5.74) is 5.10. The van der Waals surface area contributed by atoms with Crippen LogP contribution >= 0.6 is 7.75 Å². The first-order chi connectivity index (χ1) is 19.9. The summed E-state index contributed by atoms with van der Waals surface area (Å²) in [5, 5.41) is 13.8. The Morgan fingerprint density at radius 2 is 2.05 bits per heavy atom. The number of halogens is 1. The Morgan fingerprint density at radius 3 is 2.69 bits per heavy atom. The molecule has 1 aliphatic heterocycles. The van der Waals surface area contributed by atoms with Crippen LogP contribution in [0.2, 0.25) is 0 Å². The first-order valence-corrected chi connectivity index (χ1v) is 14.6. The molecular formula is C25H33FN7O8P. The largest absolute Gasteiger partial charge is 0.476 e. The number of aliphatic imine (C=N–C) groups is 1. The van der Waals surface area contributed by atoms with E-state index in [9.17, 15) is 18.9 Å². The number of carbonyl (C=O) groups is 1. The average Bonchev–Trinajstić information content (AvgIpc) is 3.47. The van der Waals surface area contributed by atoms with Gasteiger partial charge in [-0.25, -0.2) is 13.9 Å². The highest BCUT2D eigenvalue weighted by Crippen LogP contribution is 2.48. The number of aliphatic hydroxyl groups excluding tert-OH is 1. The lowest BCUT2D eigenvalue weighted by molar-refractivity contribution is -0.144. The van der Waals surface area contributed by atoms with Crippen molar-refractivity contribution in [3.63, 3.8) is 0 Å². The minimum atomic E-state index is -4.34.